The summed E-state index contributed by atoms with van der Waals surface area (Å²) in [6.07, 6.45) is 3.53. The lowest BCUT2D eigenvalue weighted by Gasteiger charge is -2.35. The molecule has 0 saturated carbocycles. The van der Waals surface area contributed by atoms with Gasteiger partial charge in [-0.1, -0.05) is 18.2 Å². The number of pyridine rings is 3. The molecule has 0 spiro atoms. The first-order valence-corrected chi connectivity index (χ1v) is 11.6. The zero-order valence-corrected chi connectivity index (χ0v) is 19.8. The van der Waals surface area contributed by atoms with Crippen LogP contribution in [0.4, 0.5) is 5.82 Å². The molecule has 4 aromatic rings. The third kappa shape index (κ3) is 4.59. The van der Waals surface area contributed by atoms with E-state index in [9.17, 15) is 9.59 Å². The molecule has 0 N–H and O–H groups in total. The maximum Gasteiger partial charge on any atom is 0.260 e. The molecule has 0 unspecified atom stereocenters. The van der Waals surface area contributed by atoms with Gasteiger partial charge in [0.05, 0.1) is 35.8 Å². The summed E-state index contributed by atoms with van der Waals surface area (Å²) in [6.45, 7) is 4.83. The second-order valence-electron chi connectivity index (χ2n) is 8.62. The Morgan fingerprint density at radius 3 is 2.49 bits per heavy atom. The van der Waals surface area contributed by atoms with Crippen molar-refractivity contribution in [1.29, 1.82) is 0 Å². The highest BCUT2D eigenvalue weighted by molar-refractivity contribution is 5.98. The normalized spacial score (nSPS) is 13.8. The van der Waals surface area contributed by atoms with E-state index in [1.807, 2.05) is 60.4 Å². The number of benzene rings is 1. The van der Waals surface area contributed by atoms with Crippen LogP contribution in [0.25, 0.3) is 10.9 Å². The van der Waals surface area contributed by atoms with Gasteiger partial charge in [0.25, 0.3) is 11.5 Å². The van der Waals surface area contributed by atoms with Crippen molar-refractivity contribution in [2.45, 2.75) is 13.5 Å². The van der Waals surface area contributed by atoms with E-state index in [-0.39, 0.29) is 11.5 Å². The third-order valence-electron chi connectivity index (χ3n) is 6.43. The van der Waals surface area contributed by atoms with Crippen LogP contribution in [0.15, 0.2) is 71.8 Å². The fourth-order valence-electron chi connectivity index (χ4n) is 4.42. The van der Waals surface area contributed by atoms with Crippen molar-refractivity contribution in [1.82, 2.24) is 19.4 Å². The van der Waals surface area contributed by atoms with Gasteiger partial charge in [0.2, 0.25) is 0 Å². The molecule has 1 fully saturated rings. The van der Waals surface area contributed by atoms with Crippen molar-refractivity contribution in [2.24, 2.45) is 0 Å². The molecule has 8 nitrogen and oxygen atoms in total. The SMILES string of the molecule is COc1ccc(Cn2ccc3nc(C)c(C(=O)N4CCN(c5ccccn5)CC4)cc3c2=O)cc1. The van der Waals surface area contributed by atoms with Gasteiger partial charge in [-0.15, -0.1) is 0 Å². The molecule has 35 heavy (non-hydrogen) atoms. The molecule has 1 aliphatic heterocycles. The number of anilines is 1. The largest absolute Gasteiger partial charge is 0.497 e. The predicted molar refractivity (Wildman–Crippen MR) is 135 cm³/mol. The highest BCUT2D eigenvalue weighted by atomic mass is 16.5. The first kappa shape index (κ1) is 22.6. The molecule has 5 rings (SSSR count). The summed E-state index contributed by atoms with van der Waals surface area (Å²) in [5.41, 5.74) is 2.51. The van der Waals surface area contributed by atoms with Gasteiger partial charge in [-0.25, -0.2) is 4.98 Å². The number of ether oxygens (including phenoxy) is 1. The third-order valence-corrected chi connectivity index (χ3v) is 6.43. The maximum atomic E-state index is 13.4. The molecule has 178 valence electrons. The van der Waals surface area contributed by atoms with Crippen LogP contribution in [0, 0.1) is 6.92 Å². The number of methoxy groups -OCH3 is 1. The van der Waals surface area contributed by atoms with Crippen molar-refractivity contribution in [3.63, 3.8) is 0 Å². The summed E-state index contributed by atoms with van der Waals surface area (Å²) in [6, 6.07) is 17.0. The number of aryl methyl sites for hydroxylation is 1. The van der Waals surface area contributed by atoms with Crippen LogP contribution in [0.2, 0.25) is 0 Å². The van der Waals surface area contributed by atoms with Gasteiger partial charge >= 0.3 is 0 Å². The summed E-state index contributed by atoms with van der Waals surface area (Å²) in [4.78, 5) is 39.7. The molecule has 3 aromatic heterocycles. The average molecular weight is 470 g/mol. The fourth-order valence-corrected chi connectivity index (χ4v) is 4.42. The number of hydrogen-bond acceptors (Lipinski definition) is 6. The van der Waals surface area contributed by atoms with E-state index in [2.05, 4.69) is 14.9 Å². The van der Waals surface area contributed by atoms with Crippen LogP contribution in [-0.4, -0.2) is 58.6 Å². The number of piperazine rings is 1. The molecule has 0 bridgehead atoms. The summed E-state index contributed by atoms with van der Waals surface area (Å²) in [7, 11) is 1.62. The number of carbonyl (C=O) groups is 1. The van der Waals surface area contributed by atoms with E-state index in [0.717, 1.165) is 17.1 Å². The Morgan fingerprint density at radius 2 is 1.80 bits per heavy atom. The van der Waals surface area contributed by atoms with Gasteiger partial charge in [0.1, 0.15) is 11.6 Å². The van der Waals surface area contributed by atoms with Crippen molar-refractivity contribution >= 4 is 22.6 Å². The number of amides is 1. The van der Waals surface area contributed by atoms with Gasteiger partial charge in [-0.3, -0.25) is 14.6 Å². The van der Waals surface area contributed by atoms with Crippen LogP contribution >= 0.6 is 0 Å². The Hall–Kier alpha value is -4.20. The topological polar surface area (TPSA) is 80.6 Å². The van der Waals surface area contributed by atoms with E-state index in [1.54, 1.807) is 30.1 Å². The van der Waals surface area contributed by atoms with Crippen LogP contribution in [-0.2, 0) is 6.54 Å². The van der Waals surface area contributed by atoms with Crippen LogP contribution in [0.5, 0.6) is 5.75 Å². The number of rotatable bonds is 5. The number of carbonyl (C=O) groups excluding carboxylic acids is 1. The second-order valence-corrected chi connectivity index (χ2v) is 8.62. The molecule has 0 aliphatic carbocycles. The standard InChI is InChI=1S/C27H27N5O3/c1-19-22(26(33)31-15-13-30(14-16-31)25-5-3-4-11-28-25)17-23-24(29-19)10-12-32(27(23)34)18-20-6-8-21(35-2)9-7-20/h3-12,17H,13-16,18H2,1-2H3. The summed E-state index contributed by atoms with van der Waals surface area (Å²) in [5, 5.41) is 0.446. The first-order valence-electron chi connectivity index (χ1n) is 11.6. The Kier molecular flexibility index (Phi) is 6.18. The smallest absolute Gasteiger partial charge is 0.260 e. The lowest BCUT2D eigenvalue weighted by atomic mass is 10.1. The Labute approximate surface area is 203 Å². The fraction of sp³-hybridized carbons (Fsp3) is 0.259. The van der Waals surface area contributed by atoms with Gasteiger partial charge in [0.15, 0.2) is 0 Å². The van der Waals surface area contributed by atoms with E-state index >= 15 is 0 Å². The lowest BCUT2D eigenvalue weighted by molar-refractivity contribution is 0.0745. The van der Waals surface area contributed by atoms with Gasteiger partial charge < -0.3 is 19.1 Å². The molecule has 4 heterocycles. The van der Waals surface area contributed by atoms with E-state index < -0.39 is 0 Å². The van der Waals surface area contributed by atoms with Gasteiger partial charge in [-0.2, -0.15) is 0 Å². The quantitative estimate of drug-likeness (QED) is 0.447. The lowest BCUT2D eigenvalue weighted by Crippen LogP contribution is -2.49. The molecule has 0 atom stereocenters. The van der Waals surface area contributed by atoms with Gasteiger partial charge in [0, 0.05) is 38.6 Å². The van der Waals surface area contributed by atoms with Crippen molar-refractivity contribution in [3.8, 4) is 5.75 Å². The van der Waals surface area contributed by atoms with Crippen LogP contribution < -0.4 is 15.2 Å². The molecule has 1 aromatic carbocycles. The predicted octanol–water partition coefficient (Wildman–Crippen LogP) is 3.12. The van der Waals surface area contributed by atoms with Gasteiger partial charge in [-0.05, 0) is 48.9 Å². The van der Waals surface area contributed by atoms with E-state index in [4.69, 9.17) is 4.74 Å². The van der Waals surface area contributed by atoms with Crippen molar-refractivity contribution in [2.75, 3.05) is 38.2 Å². The minimum absolute atomic E-state index is 0.0949. The Bertz CT molecular complexity index is 1410. The van der Waals surface area contributed by atoms with Crippen molar-refractivity contribution < 1.29 is 9.53 Å². The average Bonchev–Trinajstić information content (AvgIpc) is 2.91. The monoisotopic (exact) mass is 469 g/mol. The minimum Gasteiger partial charge on any atom is -0.497 e. The molecule has 1 aliphatic rings. The van der Waals surface area contributed by atoms with E-state index in [0.29, 0.717) is 54.9 Å². The Morgan fingerprint density at radius 1 is 1.03 bits per heavy atom. The Balaban J connectivity index is 1.38. The van der Waals surface area contributed by atoms with E-state index in [1.165, 1.54) is 0 Å². The van der Waals surface area contributed by atoms with Crippen LogP contribution in [0.3, 0.4) is 0 Å². The first-order chi connectivity index (χ1) is 17.0. The number of fused-ring (bicyclic) bond motifs is 1. The highest BCUT2D eigenvalue weighted by Gasteiger charge is 2.25. The van der Waals surface area contributed by atoms with Crippen LogP contribution in [0.1, 0.15) is 21.6 Å². The minimum atomic E-state index is -0.167. The van der Waals surface area contributed by atoms with Crippen molar-refractivity contribution in [3.05, 3.63) is 94.2 Å². The molecular weight excluding hydrogens is 442 g/mol. The number of hydrogen-bond donors (Lipinski definition) is 0. The maximum absolute atomic E-state index is 13.4. The summed E-state index contributed by atoms with van der Waals surface area (Å²) < 4.78 is 6.85. The summed E-state index contributed by atoms with van der Waals surface area (Å²) in [5.74, 6) is 1.59. The zero-order valence-electron chi connectivity index (χ0n) is 19.8. The number of nitrogens with zero attached hydrogens (tertiary/aromatic N) is 5. The number of aromatic nitrogens is 3. The molecule has 1 saturated heterocycles. The molecule has 8 heteroatoms. The zero-order chi connectivity index (χ0) is 24.4. The second kappa shape index (κ2) is 9.58. The highest BCUT2D eigenvalue weighted by Crippen LogP contribution is 2.19. The molecular formula is C27H27N5O3. The molecule has 1 amide bonds. The molecule has 0 radical (unpaired) electrons. The summed E-state index contributed by atoms with van der Waals surface area (Å²) >= 11 is 0.